The van der Waals surface area contributed by atoms with Crippen LogP contribution in [0.2, 0.25) is 0 Å². The Morgan fingerprint density at radius 3 is 2.94 bits per heavy atom. The number of aliphatic hydroxyl groups is 1. The smallest absolute Gasteiger partial charge is 0.256 e. The van der Waals surface area contributed by atoms with Crippen molar-refractivity contribution in [2.45, 2.75) is 30.7 Å². The van der Waals surface area contributed by atoms with Gasteiger partial charge in [0.15, 0.2) is 6.10 Å². The number of amides is 1. The lowest BCUT2D eigenvalue weighted by Crippen LogP contribution is -2.48. The molecule has 2 N–H and O–H groups in total. The van der Waals surface area contributed by atoms with Gasteiger partial charge in [0.1, 0.15) is 17.5 Å². The maximum absolute atomic E-state index is 13.0. The predicted octanol–water partition coefficient (Wildman–Crippen LogP) is 1.88. The van der Waals surface area contributed by atoms with Crippen molar-refractivity contribution in [1.29, 1.82) is 5.26 Å². The van der Waals surface area contributed by atoms with Gasteiger partial charge in [-0.2, -0.15) is 5.26 Å². The van der Waals surface area contributed by atoms with E-state index >= 15 is 0 Å². The van der Waals surface area contributed by atoms with Crippen molar-refractivity contribution < 1.29 is 19.4 Å². The lowest BCUT2D eigenvalue weighted by molar-refractivity contribution is -0.144. The van der Waals surface area contributed by atoms with Crippen LogP contribution in [0.4, 0.5) is 5.82 Å². The number of aliphatic hydroxyl groups excluding tert-OH is 1. The van der Waals surface area contributed by atoms with Crippen molar-refractivity contribution in [3.63, 3.8) is 0 Å². The van der Waals surface area contributed by atoms with E-state index in [4.69, 9.17) is 14.7 Å². The Hall–Kier alpha value is -2.99. The van der Waals surface area contributed by atoms with Gasteiger partial charge < -0.3 is 24.8 Å². The number of anilines is 1. The van der Waals surface area contributed by atoms with Crippen LogP contribution in [0.3, 0.4) is 0 Å². The van der Waals surface area contributed by atoms with E-state index in [0.717, 1.165) is 12.8 Å². The number of nitrogens with zero attached hydrogens (tertiary/aromatic N) is 3. The second-order valence-corrected chi connectivity index (χ2v) is 8.01. The largest absolute Gasteiger partial charge is 0.378 e. The summed E-state index contributed by atoms with van der Waals surface area (Å²) in [6.45, 7) is 2.22. The highest BCUT2D eigenvalue weighted by Crippen LogP contribution is 2.34. The van der Waals surface area contributed by atoms with E-state index in [1.54, 1.807) is 41.3 Å². The van der Waals surface area contributed by atoms with Gasteiger partial charge in [-0.15, -0.1) is 0 Å². The maximum atomic E-state index is 13.0. The summed E-state index contributed by atoms with van der Waals surface area (Å²) < 4.78 is 12.1. The van der Waals surface area contributed by atoms with Crippen molar-refractivity contribution in [2.75, 3.05) is 38.2 Å². The molecule has 0 bridgehead atoms. The summed E-state index contributed by atoms with van der Waals surface area (Å²) >= 11 is 0. The summed E-state index contributed by atoms with van der Waals surface area (Å²) in [7, 11) is 0. The fraction of sp³-hybridized carbons (Fsp3) is 0.435. The molecule has 4 rings (SSSR count). The van der Waals surface area contributed by atoms with E-state index < -0.39 is 11.7 Å². The van der Waals surface area contributed by atoms with E-state index in [1.807, 2.05) is 12.1 Å². The van der Waals surface area contributed by atoms with Crippen molar-refractivity contribution in [1.82, 2.24) is 9.88 Å². The molecule has 31 heavy (non-hydrogen) atoms. The normalized spacial score (nSPS) is 24.4. The standard InChI is InChI=1S/C23H26N4O4/c24-12-17-6-7-20(25-13-17)26-14-19-8-9-23(31-19)15-27(10-11-30-16-23)22(29)21(28)18-4-2-1-3-5-18/h1-7,13,19,21,28H,8-11,14-16H2,(H,25,26)/t19-,21-,23-/m0/s1. The molecule has 0 unspecified atom stereocenters. The van der Waals surface area contributed by atoms with Gasteiger partial charge in [-0.25, -0.2) is 4.98 Å². The van der Waals surface area contributed by atoms with Gasteiger partial charge in [0.25, 0.3) is 5.91 Å². The fourth-order valence-electron chi connectivity index (χ4n) is 4.09. The first kappa shape index (κ1) is 21.2. The molecule has 0 aliphatic carbocycles. The molecule has 3 atom stereocenters. The molecule has 8 heteroatoms. The van der Waals surface area contributed by atoms with Gasteiger partial charge in [-0.05, 0) is 30.5 Å². The first-order valence-corrected chi connectivity index (χ1v) is 10.5. The van der Waals surface area contributed by atoms with Crippen LogP contribution in [-0.4, -0.2) is 65.5 Å². The molecule has 2 fully saturated rings. The summed E-state index contributed by atoms with van der Waals surface area (Å²) in [5, 5.41) is 22.7. The molecule has 162 valence electrons. The number of carbonyl (C=O) groups is 1. The summed E-state index contributed by atoms with van der Waals surface area (Å²) in [4.78, 5) is 18.8. The highest BCUT2D eigenvalue weighted by Gasteiger charge is 2.44. The minimum Gasteiger partial charge on any atom is -0.378 e. The summed E-state index contributed by atoms with van der Waals surface area (Å²) in [6.07, 6.45) is 1.88. The first-order chi connectivity index (χ1) is 15.1. The van der Waals surface area contributed by atoms with Gasteiger partial charge >= 0.3 is 0 Å². The van der Waals surface area contributed by atoms with Crippen LogP contribution >= 0.6 is 0 Å². The molecule has 1 aromatic carbocycles. The molecule has 2 aliphatic heterocycles. The molecule has 3 heterocycles. The van der Waals surface area contributed by atoms with Crippen LogP contribution in [-0.2, 0) is 14.3 Å². The number of hydrogen-bond acceptors (Lipinski definition) is 7. The van der Waals surface area contributed by atoms with Crippen LogP contribution in [0, 0.1) is 11.3 Å². The molecule has 1 aromatic heterocycles. The van der Waals surface area contributed by atoms with E-state index in [-0.39, 0.29) is 12.0 Å². The molecule has 2 aliphatic rings. The Morgan fingerprint density at radius 2 is 2.19 bits per heavy atom. The number of benzene rings is 1. The second-order valence-electron chi connectivity index (χ2n) is 8.01. The third-order valence-electron chi connectivity index (χ3n) is 5.75. The molecule has 2 aromatic rings. The summed E-state index contributed by atoms with van der Waals surface area (Å²) in [6, 6.07) is 14.5. The molecule has 1 amide bonds. The summed E-state index contributed by atoms with van der Waals surface area (Å²) in [5.74, 6) is 0.353. The Labute approximate surface area is 181 Å². The quantitative estimate of drug-likeness (QED) is 0.757. The van der Waals surface area contributed by atoms with Crippen LogP contribution in [0.5, 0.6) is 0 Å². The first-order valence-electron chi connectivity index (χ1n) is 10.5. The zero-order valence-corrected chi connectivity index (χ0v) is 17.2. The van der Waals surface area contributed by atoms with Gasteiger partial charge in [0.2, 0.25) is 0 Å². The third kappa shape index (κ3) is 5.02. The van der Waals surface area contributed by atoms with Crippen molar-refractivity contribution in [3.8, 4) is 6.07 Å². The van der Waals surface area contributed by atoms with E-state index in [1.165, 1.54) is 6.20 Å². The Balaban J connectivity index is 1.36. The number of carbonyl (C=O) groups excluding carboxylic acids is 1. The number of pyridine rings is 1. The highest BCUT2D eigenvalue weighted by atomic mass is 16.6. The molecular formula is C23H26N4O4. The number of rotatable bonds is 5. The average molecular weight is 422 g/mol. The Kier molecular flexibility index (Phi) is 6.47. The van der Waals surface area contributed by atoms with E-state index in [2.05, 4.69) is 10.3 Å². The second kappa shape index (κ2) is 9.43. The van der Waals surface area contributed by atoms with Crippen LogP contribution in [0.15, 0.2) is 48.7 Å². The zero-order valence-electron chi connectivity index (χ0n) is 17.2. The monoisotopic (exact) mass is 422 g/mol. The number of aromatic nitrogens is 1. The van der Waals surface area contributed by atoms with Crippen molar-refractivity contribution >= 4 is 11.7 Å². The lowest BCUT2D eigenvalue weighted by atomic mass is 9.99. The predicted molar refractivity (Wildman–Crippen MR) is 113 cm³/mol. The third-order valence-corrected chi connectivity index (χ3v) is 5.75. The molecule has 1 spiro atoms. The molecule has 8 nitrogen and oxygen atoms in total. The van der Waals surface area contributed by atoms with E-state index in [9.17, 15) is 9.90 Å². The molecule has 0 radical (unpaired) electrons. The van der Waals surface area contributed by atoms with Gasteiger partial charge in [-0.3, -0.25) is 4.79 Å². The van der Waals surface area contributed by atoms with Gasteiger partial charge in [0, 0.05) is 19.3 Å². The Bertz CT molecular complexity index is 931. The van der Waals surface area contributed by atoms with Crippen molar-refractivity contribution in [2.24, 2.45) is 0 Å². The Morgan fingerprint density at radius 1 is 1.35 bits per heavy atom. The van der Waals surface area contributed by atoms with Crippen LogP contribution < -0.4 is 5.32 Å². The van der Waals surface area contributed by atoms with Gasteiger partial charge in [0.05, 0.1) is 31.4 Å². The van der Waals surface area contributed by atoms with E-state index in [0.29, 0.717) is 49.8 Å². The van der Waals surface area contributed by atoms with Gasteiger partial charge in [-0.1, -0.05) is 30.3 Å². The maximum Gasteiger partial charge on any atom is 0.256 e. The minimum atomic E-state index is -1.20. The molecule has 2 saturated heterocycles. The number of hydrogen-bond donors (Lipinski definition) is 2. The highest BCUT2D eigenvalue weighted by molar-refractivity contribution is 5.82. The molecule has 0 saturated carbocycles. The minimum absolute atomic E-state index is 0.0462. The number of ether oxygens (including phenoxy) is 2. The number of nitriles is 1. The van der Waals surface area contributed by atoms with Crippen LogP contribution in [0.1, 0.15) is 30.1 Å². The molecular weight excluding hydrogens is 396 g/mol. The fourth-order valence-corrected chi connectivity index (χ4v) is 4.09. The number of nitrogens with one attached hydrogen (secondary N) is 1. The van der Waals surface area contributed by atoms with Crippen LogP contribution in [0.25, 0.3) is 0 Å². The zero-order chi connectivity index (χ0) is 21.7. The lowest BCUT2D eigenvalue weighted by Gasteiger charge is -2.33. The average Bonchev–Trinajstić information content (AvgIpc) is 3.09. The topological polar surface area (TPSA) is 108 Å². The summed E-state index contributed by atoms with van der Waals surface area (Å²) in [5.41, 5.74) is 0.517. The SMILES string of the molecule is N#Cc1ccc(NC[C@@H]2CC[C@]3(COCCN(C(=O)[C@@H](O)c4ccccc4)C3)O2)nc1. The van der Waals surface area contributed by atoms with Crippen molar-refractivity contribution in [3.05, 3.63) is 59.8 Å².